The van der Waals surface area contributed by atoms with Crippen LogP contribution in [0.15, 0.2) is 11.6 Å². The molecular weight excluding hydrogens is 425 g/mol. The van der Waals surface area contributed by atoms with E-state index in [1.807, 2.05) is 6.08 Å². The Morgan fingerprint density at radius 3 is 2.56 bits per heavy atom. The molecular formula is C21H29IO3. The van der Waals surface area contributed by atoms with Gasteiger partial charge in [0.2, 0.25) is 0 Å². The Labute approximate surface area is 164 Å². The summed E-state index contributed by atoms with van der Waals surface area (Å²) in [5.41, 5.74) is 0.0801. The van der Waals surface area contributed by atoms with Crippen LogP contribution >= 0.6 is 22.6 Å². The van der Waals surface area contributed by atoms with Crippen molar-refractivity contribution in [3.8, 4) is 0 Å². The number of hydrogen-bond donors (Lipinski definition) is 1. The lowest BCUT2D eigenvalue weighted by Gasteiger charge is -2.59. The van der Waals surface area contributed by atoms with E-state index in [-0.39, 0.29) is 16.6 Å². The standard InChI is InChI=1S/C21H29IO3/c1-12(23)21(25)9-6-16-14-11-18(22)17-10-13(24)4-7-19(17,2)15(14)5-8-20(16,21)3/h10,14-16,18,25H,4-9,11H2,1-3H3/t14-,15+,16+,18?,19-,20+,21+/m1/s1/i22-2. The summed E-state index contributed by atoms with van der Waals surface area (Å²) in [5, 5.41) is 11.2. The molecule has 3 nitrogen and oxygen atoms in total. The summed E-state index contributed by atoms with van der Waals surface area (Å²) in [5.74, 6) is 1.82. The first-order valence-electron chi connectivity index (χ1n) is 9.76. The molecule has 0 spiro atoms. The van der Waals surface area contributed by atoms with Crippen LogP contribution in [0.4, 0.5) is 0 Å². The second kappa shape index (κ2) is 5.63. The molecule has 0 aromatic heterocycles. The molecule has 4 heteroatoms. The van der Waals surface area contributed by atoms with E-state index in [1.54, 1.807) is 6.92 Å². The summed E-state index contributed by atoms with van der Waals surface area (Å²) in [6.07, 6.45) is 8.27. The van der Waals surface area contributed by atoms with E-state index < -0.39 is 5.60 Å². The average molecular weight is 454 g/mol. The van der Waals surface area contributed by atoms with Crippen molar-refractivity contribution in [3.63, 3.8) is 0 Å². The van der Waals surface area contributed by atoms with Crippen molar-refractivity contribution in [3.05, 3.63) is 11.6 Å². The van der Waals surface area contributed by atoms with Crippen molar-refractivity contribution in [1.29, 1.82) is 0 Å². The molecule has 4 aliphatic carbocycles. The van der Waals surface area contributed by atoms with E-state index in [0.717, 1.165) is 32.1 Å². The molecule has 25 heavy (non-hydrogen) atoms. The van der Waals surface area contributed by atoms with Crippen molar-refractivity contribution >= 4 is 34.2 Å². The summed E-state index contributed by atoms with van der Waals surface area (Å²) in [7, 11) is 0. The molecule has 4 rings (SSSR count). The maximum absolute atomic E-state index is 12.3. The Kier molecular flexibility index (Phi) is 4.09. The largest absolute Gasteiger partial charge is 0.382 e. The summed E-state index contributed by atoms with van der Waals surface area (Å²) >= 11 is 2.53. The van der Waals surface area contributed by atoms with Crippen LogP contribution in [0.5, 0.6) is 0 Å². The zero-order valence-corrected chi connectivity index (χ0v) is 17.6. The quantitative estimate of drug-likeness (QED) is 0.476. The molecule has 0 aromatic carbocycles. The number of carbonyl (C=O) groups is 2. The molecule has 3 fully saturated rings. The SMILES string of the molecule is CC(=O)[C@@]1(O)CC[C@H]2[C@@H]3CC([125I])C4=CC(=O)CC[C@]4(C)[C@H]3CC[C@@]21C. The fourth-order valence-electron chi connectivity index (χ4n) is 7.15. The van der Waals surface area contributed by atoms with Gasteiger partial charge in [0.1, 0.15) is 5.60 Å². The van der Waals surface area contributed by atoms with E-state index in [9.17, 15) is 14.7 Å². The third-order valence-corrected chi connectivity index (χ3v) is 9.85. The van der Waals surface area contributed by atoms with E-state index in [1.165, 1.54) is 5.57 Å². The van der Waals surface area contributed by atoms with Crippen LogP contribution in [0, 0.1) is 28.6 Å². The highest BCUT2D eigenvalue weighted by Crippen LogP contribution is 2.68. The topological polar surface area (TPSA) is 54.4 Å². The molecule has 0 aliphatic heterocycles. The first-order chi connectivity index (χ1) is 11.6. The first kappa shape index (κ1) is 18.1. The maximum Gasteiger partial charge on any atom is 0.161 e. The van der Waals surface area contributed by atoms with Crippen molar-refractivity contribution in [1.82, 2.24) is 0 Å². The number of aliphatic hydroxyl groups is 1. The fourth-order valence-corrected chi connectivity index (χ4v) is 8.63. The second-order valence-corrected chi connectivity index (χ2v) is 11.0. The highest BCUT2D eigenvalue weighted by Gasteiger charge is 2.66. The summed E-state index contributed by atoms with van der Waals surface area (Å²) in [6, 6.07) is 0. The van der Waals surface area contributed by atoms with Gasteiger partial charge in [0.25, 0.3) is 0 Å². The highest BCUT2D eigenvalue weighted by molar-refractivity contribution is 14.1. The number of allylic oxidation sites excluding steroid dienone is 1. The van der Waals surface area contributed by atoms with Gasteiger partial charge in [-0.05, 0) is 80.3 Å². The van der Waals surface area contributed by atoms with E-state index >= 15 is 0 Å². The zero-order chi connectivity index (χ0) is 18.2. The fraction of sp³-hybridized carbons (Fsp3) is 0.810. The Hall–Kier alpha value is -0.230. The number of carbonyl (C=O) groups excluding carboxylic acids is 2. The molecule has 0 saturated heterocycles. The summed E-state index contributed by atoms with van der Waals surface area (Å²) in [6.45, 7) is 6.11. The lowest BCUT2D eigenvalue weighted by molar-refractivity contribution is -0.159. The number of ketones is 2. The molecule has 138 valence electrons. The Morgan fingerprint density at radius 1 is 1.20 bits per heavy atom. The Morgan fingerprint density at radius 2 is 1.88 bits per heavy atom. The molecule has 1 unspecified atom stereocenters. The maximum atomic E-state index is 12.3. The second-order valence-electron chi connectivity index (χ2n) is 9.47. The minimum atomic E-state index is -1.14. The zero-order valence-electron chi connectivity index (χ0n) is 15.5. The third-order valence-electron chi connectivity index (χ3n) is 8.67. The Bertz CT molecular complexity index is 670. The molecule has 3 saturated carbocycles. The van der Waals surface area contributed by atoms with E-state index in [0.29, 0.717) is 40.3 Å². The molecule has 1 N–H and O–H groups in total. The predicted molar refractivity (Wildman–Crippen MR) is 106 cm³/mol. The summed E-state index contributed by atoms with van der Waals surface area (Å²) in [4.78, 5) is 24.3. The van der Waals surface area contributed by atoms with Crippen LogP contribution in [0.1, 0.15) is 65.7 Å². The first-order valence-corrected chi connectivity index (χ1v) is 11.0. The minimum absolute atomic E-state index is 0.0483. The number of hydrogen-bond acceptors (Lipinski definition) is 3. The molecule has 0 heterocycles. The molecule has 0 bridgehead atoms. The molecule has 7 atom stereocenters. The lowest BCUT2D eigenvalue weighted by atomic mass is 9.46. The van der Waals surface area contributed by atoms with Gasteiger partial charge in [-0.25, -0.2) is 0 Å². The number of rotatable bonds is 1. The number of halogens is 1. The van der Waals surface area contributed by atoms with Gasteiger partial charge in [-0.3, -0.25) is 9.59 Å². The van der Waals surface area contributed by atoms with Gasteiger partial charge in [-0.2, -0.15) is 0 Å². The number of alkyl halides is 1. The summed E-state index contributed by atoms with van der Waals surface area (Å²) < 4.78 is 0.404. The van der Waals surface area contributed by atoms with Gasteiger partial charge in [0.05, 0.1) is 0 Å². The molecule has 0 aromatic rings. The van der Waals surface area contributed by atoms with E-state index in [4.69, 9.17) is 0 Å². The van der Waals surface area contributed by atoms with Gasteiger partial charge < -0.3 is 5.11 Å². The van der Waals surface area contributed by atoms with Gasteiger partial charge in [0, 0.05) is 15.8 Å². The van der Waals surface area contributed by atoms with Gasteiger partial charge in [0.15, 0.2) is 11.6 Å². The molecule has 4 aliphatic rings. The average Bonchev–Trinajstić information content (AvgIpc) is 2.83. The molecule has 0 amide bonds. The van der Waals surface area contributed by atoms with Crippen molar-refractivity contribution in [2.24, 2.45) is 28.6 Å². The van der Waals surface area contributed by atoms with Crippen LogP contribution in [0.3, 0.4) is 0 Å². The van der Waals surface area contributed by atoms with Crippen LogP contribution in [0.25, 0.3) is 0 Å². The van der Waals surface area contributed by atoms with Crippen LogP contribution in [0.2, 0.25) is 0 Å². The number of Topliss-reactive ketones (excluding diaryl/α,β-unsaturated/α-hetero) is 1. The Balaban J connectivity index is 1.73. The molecule has 0 radical (unpaired) electrons. The van der Waals surface area contributed by atoms with Gasteiger partial charge in [-0.1, -0.05) is 36.4 Å². The van der Waals surface area contributed by atoms with Crippen molar-refractivity contribution in [2.45, 2.75) is 75.2 Å². The number of fused-ring (bicyclic) bond motifs is 5. The van der Waals surface area contributed by atoms with E-state index in [2.05, 4.69) is 36.4 Å². The van der Waals surface area contributed by atoms with Gasteiger partial charge in [-0.15, -0.1) is 0 Å². The predicted octanol–water partition coefficient (Wildman–Crippen LogP) is 4.25. The smallest absolute Gasteiger partial charge is 0.161 e. The van der Waals surface area contributed by atoms with Crippen molar-refractivity contribution < 1.29 is 14.7 Å². The van der Waals surface area contributed by atoms with Crippen LogP contribution < -0.4 is 0 Å². The minimum Gasteiger partial charge on any atom is -0.382 e. The normalized spacial score (nSPS) is 52.0. The monoisotopic (exact) mass is 454 g/mol. The van der Waals surface area contributed by atoms with Gasteiger partial charge >= 0.3 is 0 Å². The lowest BCUT2D eigenvalue weighted by Crippen LogP contribution is -2.58. The highest BCUT2D eigenvalue weighted by atomic mass is 125. The van der Waals surface area contributed by atoms with Crippen LogP contribution in [-0.2, 0) is 9.59 Å². The van der Waals surface area contributed by atoms with Crippen molar-refractivity contribution in [2.75, 3.05) is 0 Å². The van der Waals surface area contributed by atoms with Crippen LogP contribution in [-0.4, -0.2) is 26.2 Å². The third kappa shape index (κ3) is 2.25.